The van der Waals surface area contributed by atoms with E-state index in [-0.39, 0.29) is 6.04 Å². The molecule has 0 amide bonds. The molecular weight excluding hydrogens is 266 g/mol. The summed E-state index contributed by atoms with van der Waals surface area (Å²) in [6.07, 6.45) is 0. The summed E-state index contributed by atoms with van der Waals surface area (Å²) in [7, 11) is 1.69. The van der Waals surface area contributed by atoms with Gasteiger partial charge in [-0.2, -0.15) is 0 Å². The Balaban J connectivity index is 2.41. The summed E-state index contributed by atoms with van der Waals surface area (Å²) in [5, 5.41) is 6.50. The average Bonchev–Trinajstić information content (AvgIpc) is 2.45. The molecule has 1 unspecified atom stereocenters. The van der Waals surface area contributed by atoms with Crippen LogP contribution in [-0.2, 0) is 4.74 Å². The Bertz CT molecular complexity index is 435. The zero-order valence-corrected chi connectivity index (χ0v) is 13.5. The molecule has 5 nitrogen and oxygen atoms in total. The third kappa shape index (κ3) is 6.99. The molecule has 21 heavy (non-hydrogen) atoms. The lowest BCUT2D eigenvalue weighted by molar-refractivity contribution is 0.179. The van der Waals surface area contributed by atoms with Crippen LogP contribution in [-0.4, -0.2) is 45.4 Å². The van der Waals surface area contributed by atoms with E-state index >= 15 is 0 Å². The molecule has 0 spiro atoms. The Morgan fingerprint density at radius 1 is 1.33 bits per heavy atom. The van der Waals surface area contributed by atoms with Crippen LogP contribution in [0, 0.1) is 6.92 Å². The summed E-state index contributed by atoms with van der Waals surface area (Å²) < 4.78 is 10.8. The Morgan fingerprint density at radius 3 is 2.76 bits per heavy atom. The average molecular weight is 293 g/mol. The molecule has 1 atom stereocenters. The molecule has 0 aromatic heterocycles. The molecule has 118 valence electrons. The van der Waals surface area contributed by atoms with Gasteiger partial charge in [0.1, 0.15) is 12.4 Å². The van der Waals surface area contributed by atoms with Gasteiger partial charge in [0.05, 0.1) is 13.2 Å². The quantitative estimate of drug-likeness (QED) is 0.437. The highest BCUT2D eigenvalue weighted by atomic mass is 16.5. The van der Waals surface area contributed by atoms with Crippen LogP contribution in [0.25, 0.3) is 0 Å². The molecule has 0 bridgehead atoms. The van der Waals surface area contributed by atoms with Crippen molar-refractivity contribution >= 4 is 5.96 Å². The van der Waals surface area contributed by atoms with Crippen molar-refractivity contribution in [3.05, 3.63) is 29.8 Å². The monoisotopic (exact) mass is 293 g/mol. The van der Waals surface area contributed by atoms with Gasteiger partial charge in [0.2, 0.25) is 0 Å². The predicted octanol–water partition coefficient (Wildman–Crippen LogP) is 1.96. The topological polar surface area (TPSA) is 54.9 Å². The van der Waals surface area contributed by atoms with E-state index in [9.17, 15) is 0 Å². The van der Waals surface area contributed by atoms with Crippen LogP contribution in [0.2, 0.25) is 0 Å². The highest BCUT2D eigenvalue weighted by Gasteiger charge is 2.04. The molecule has 5 heteroatoms. The zero-order valence-electron chi connectivity index (χ0n) is 13.5. The summed E-state index contributed by atoms with van der Waals surface area (Å²) in [6.45, 7) is 8.76. The Labute approximate surface area is 127 Å². The lowest BCUT2D eigenvalue weighted by Crippen LogP contribution is -2.44. The van der Waals surface area contributed by atoms with Gasteiger partial charge in [0, 0.05) is 19.7 Å². The first kappa shape index (κ1) is 17.3. The van der Waals surface area contributed by atoms with Crippen molar-refractivity contribution in [2.75, 3.05) is 33.4 Å². The Morgan fingerprint density at radius 2 is 2.10 bits per heavy atom. The van der Waals surface area contributed by atoms with E-state index in [1.54, 1.807) is 7.11 Å². The van der Waals surface area contributed by atoms with Crippen molar-refractivity contribution in [1.29, 1.82) is 0 Å². The minimum Gasteiger partial charge on any atom is -0.491 e. The van der Waals surface area contributed by atoms with Crippen molar-refractivity contribution in [2.45, 2.75) is 26.8 Å². The maximum Gasteiger partial charge on any atom is 0.191 e. The summed E-state index contributed by atoms with van der Waals surface area (Å²) in [5.41, 5.74) is 1.14. The number of ether oxygens (including phenoxy) is 2. The number of hydrogen-bond acceptors (Lipinski definition) is 3. The maximum absolute atomic E-state index is 5.73. The standard InChI is InChI=1S/C16H27N3O2/c1-5-17-16(19-14(3)12-20-4)18-10-11-21-15-9-7-6-8-13(15)2/h6-9,14H,5,10-12H2,1-4H3,(H2,17,18,19). The lowest BCUT2D eigenvalue weighted by atomic mass is 10.2. The molecule has 0 saturated heterocycles. The van der Waals surface area contributed by atoms with Gasteiger partial charge in [-0.3, -0.25) is 0 Å². The number of benzene rings is 1. The second kappa shape index (κ2) is 10.0. The third-order valence-corrected chi connectivity index (χ3v) is 2.86. The van der Waals surface area contributed by atoms with Crippen LogP contribution in [0.5, 0.6) is 5.75 Å². The van der Waals surface area contributed by atoms with Gasteiger partial charge in [-0.05, 0) is 32.4 Å². The van der Waals surface area contributed by atoms with Crippen LogP contribution in [0.1, 0.15) is 19.4 Å². The molecule has 0 aliphatic rings. The van der Waals surface area contributed by atoms with Gasteiger partial charge in [0.25, 0.3) is 0 Å². The largest absolute Gasteiger partial charge is 0.491 e. The number of aliphatic imine (C=N–C) groups is 1. The number of nitrogens with zero attached hydrogens (tertiary/aromatic N) is 1. The van der Waals surface area contributed by atoms with Crippen LogP contribution in [0.4, 0.5) is 0 Å². The molecule has 0 saturated carbocycles. The van der Waals surface area contributed by atoms with Crippen LogP contribution >= 0.6 is 0 Å². The Hall–Kier alpha value is -1.75. The van der Waals surface area contributed by atoms with E-state index in [0.29, 0.717) is 19.8 Å². The first-order chi connectivity index (χ1) is 10.2. The summed E-state index contributed by atoms with van der Waals surface area (Å²) in [4.78, 5) is 4.49. The zero-order chi connectivity index (χ0) is 15.5. The number of rotatable bonds is 8. The highest BCUT2D eigenvalue weighted by Crippen LogP contribution is 2.15. The number of methoxy groups -OCH3 is 1. The number of nitrogens with one attached hydrogen (secondary N) is 2. The van der Waals surface area contributed by atoms with Gasteiger partial charge in [-0.1, -0.05) is 18.2 Å². The van der Waals surface area contributed by atoms with Crippen molar-refractivity contribution in [3.8, 4) is 5.75 Å². The van der Waals surface area contributed by atoms with Crippen LogP contribution < -0.4 is 15.4 Å². The summed E-state index contributed by atoms with van der Waals surface area (Å²) in [6, 6.07) is 8.21. The number of para-hydroxylation sites is 1. The molecule has 0 aliphatic heterocycles. The fourth-order valence-electron chi connectivity index (χ4n) is 1.88. The van der Waals surface area contributed by atoms with E-state index in [0.717, 1.165) is 23.8 Å². The van der Waals surface area contributed by atoms with Crippen molar-refractivity contribution in [1.82, 2.24) is 10.6 Å². The Kier molecular flexibility index (Phi) is 8.28. The van der Waals surface area contributed by atoms with Gasteiger partial charge in [-0.15, -0.1) is 0 Å². The molecule has 0 radical (unpaired) electrons. The minimum absolute atomic E-state index is 0.213. The third-order valence-electron chi connectivity index (χ3n) is 2.86. The van der Waals surface area contributed by atoms with E-state index < -0.39 is 0 Å². The second-order valence-corrected chi connectivity index (χ2v) is 4.88. The minimum atomic E-state index is 0.213. The van der Waals surface area contributed by atoms with E-state index in [1.807, 2.05) is 38.1 Å². The second-order valence-electron chi connectivity index (χ2n) is 4.88. The first-order valence-electron chi connectivity index (χ1n) is 7.39. The predicted molar refractivity (Wildman–Crippen MR) is 87.1 cm³/mol. The van der Waals surface area contributed by atoms with Crippen molar-refractivity contribution < 1.29 is 9.47 Å². The van der Waals surface area contributed by atoms with Gasteiger partial charge in [0.15, 0.2) is 5.96 Å². The lowest BCUT2D eigenvalue weighted by Gasteiger charge is -2.17. The number of hydrogen-bond donors (Lipinski definition) is 2. The molecular formula is C16H27N3O2. The highest BCUT2D eigenvalue weighted by molar-refractivity contribution is 5.80. The normalized spacial score (nSPS) is 12.9. The molecule has 1 aromatic carbocycles. The molecule has 1 aromatic rings. The molecule has 1 rings (SSSR count). The van der Waals surface area contributed by atoms with E-state index in [1.165, 1.54) is 0 Å². The molecule has 2 N–H and O–H groups in total. The fraction of sp³-hybridized carbons (Fsp3) is 0.562. The summed E-state index contributed by atoms with van der Waals surface area (Å²) >= 11 is 0. The number of aryl methyl sites for hydroxylation is 1. The molecule has 0 fully saturated rings. The van der Waals surface area contributed by atoms with Crippen LogP contribution in [0.15, 0.2) is 29.3 Å². The van der Waals surface area contributed by atoms with Crippen molar-refractivity contribution in [3.63, 3.8) is 0 Å². The van der Waals surface area contributed by atoms with Gasteiger partial charge in [-0.25, -0.2) is 4.99 Å². The van der Waals surface area contributed by atoms with Gasteiger partial charge < -0.3 is 20.1 Å². The van der Waals surface area contributed by atoms with Crippen LogP contribution in [0.3, 0.4) is 0 Å². The van der Waals surface area contributed by atoms with E-state index in [2.05, 4.69) is 22.5 Å². The number of guanidine groups is 1. The maximum atomic E-state index is 5.73. The van der Waals surface area contributed by atoms with E-state index in [4.69, 9.17) is 9.47 Å². The van der Waals surface area contributed by atoms with Gasteiger partial charge >= 0.3 is 0 Å². The smallest absolute Gasteiger partial charge is 0.191 e. The molecule has 0 heterocycles. The molecule has 0 aliphatic carbocycles. The SMILES string of the molecule is CCNC(=NCCOc1ccccc1C)NC(C)COC. The summed E-state index contributed by atoms with van der Waals surface area (Å²) in [5.74, 6) is 1.70. The first-order valence-corrected chi connectivity index (χ1v) is 7.39. The van der Waals surface area contributed by atoms with Crippen molar-refractivity contribution in [2.24, 2.45) is 4.99 Å². The fourth-order valence-corrected chi connectivity index (χ4v) is 1.88.